The predicted molar refractivity (Wildman–Crippen MR) is 122 cm³/mol. The van der Waals surface area contributed by atoms with E-state index in [-0.39, 0.29) is 35.7 Å². The predicted octanol–water partition coefficient (Wildman–Crippen LogP) is 3.56. The van der Waals surface area contributed by atoms with Gasteiger partial charge in [-0.25, -0.2) is 17.6 Å². The average molecular weight is 481 g/mol. The minimum absolute atomic E-state index is 0.0662. The van der Waals surface area contributed by atoms with Crippen molar-refractivity contribution in [3.63, 3.8) is 0 Å². The van der Waals surface area contributed by atoms with E-state index in [0.717, 1.165) is 44.1 Å². The Balaban J connectivity index is 1.33. The first kappa shape index (κ1) is 24.0. The summed E-state index contributed by atoms with van der Waals surface area (Å²) in [5, 5.41) is 2.24. The molecule has 0 unspecified atom stereocenters. The van der Waals surface area contributed by atoms with Gasteiger partial charge in [-0.1, -0.05) is 25.3 Å². The standard InChI is InChI=1S/C24H33FN2O5S/c25-20-9-8-19(14-21(20)32-16-18-6-7-18)24(10-2-3-11-24)17-33(30,31)13-5-1-4-12-27-15-22(28)26-23(27)29/h8-9,14,18H,1-7,10-13,15-17H2,(H,26,28,29). The summed E-state index contributed by atoms with van der Waals surface area (Å²) in [6.07, 6.45) is 7.54. The molecule has 1 saturated heterocycles. The molecular weight excluding hydrogens is 447 g/mol. The maximum atomic E-state index is 14.3. The molecule has 7 nitrogen and oxygen atoms in total. The molecule has 0 atom stereocenters. The molecule has 0 spiro atoms. The summed E-state index contributed by atoms with van der Waals surface area (Å²) in [5.41, 5.74) is 0.374. The summed E-state index contributed by atoms with van der Waals surface area (Å²) in [5.74, 6) is 0.194. The van der Waals surface area contributed by atoms with Crippen molar-refractivity contribution in [1.82, 2.24) is 10.2 Å². The monoisotopic (exact) mass is 480 g/mol. The highest BCUT2D eigenvalue weighted by Crippen LogP contribution is 2.44. The Morgan fingerprint density at radius 2 is 1.88 bits per heavy atom. The van der Waals surface area contributed by atoms with Crippen molar-refractivity contribution in [2.75, 3.05) is 31.2 Å². The highest BCUT2D eigenvalue weighted by atomic mass is 32.2. The number of nitrogens with zero attached hydrogens (tertiary/aromatic N) is 1. The molecule has 1 heterocycles. The third-order valence-corrected chi connectivity index (χ3v) is 8.93. The number of carbonyl (C=O) groups excluding carboxylic acids is 2. The quantitative estimate of drug-likeness (QED) is 0.365. The summed E-state index contributed by atoms with van der Waals surface area (Å²) in [7, 11) is -3.31. The van der Waals surface area contributed by atoms with Crippen molar-refractivity contribution in [2.24, 2.45) is 5.92 Å². The van der Waals surface area contributed by atoms with Gasteiger partial charge in [0, 0.05) is 12.0 Å². The molecule has 182 valence electrons. The lowest BCUT2D eigenvalue weighted by molar-refractivity contribution is -0.118. The Kier molecular flexibility index (Phi) is 7.26. The summed E-state index contributed by atoms with van der Waals surface area (Å²) < 4.78 is 46.1. The van der Waals surface area contributed by atoms with Crippen LogP contribution in [-0.4, -0.2) is 56.5 Å². The van der Waals surface area contributed by atoms with Crippen molar-refractivity contribution in [3.8, 4) is 5.75 Å². The fourth-order valence-corrected chi connectivity index (χ4v) is 7.05. The molecule has 9 heteroatoms. The fourth-order valence-electron chi connectivity index (χ4n) is 4.96. The lowest BCUT2D eigenvalue weighted by atomic mass is 9.80. The largest absolute Gasteiger partial charge is 0.490 e. The zero-order chi connectivity index (χ0) is 23.5. The lowest BCUT2D eigenvalue weighted by Crippen LogP contribution is -2.33. The van der Waals surface area contributed by atoms with Crippen molar-refractivity contribution >= 4 is 21.8 Å². The first-order valence-electron chi connectivity index (χ1n) is 12.0. The second-order valence-electron chi connectivity index (χ2n) is 9.81. The van der Waals surface area contributed by atoms with Gasteiger partial charge in [-0.2, -0.15) is 0 Å². The summed E-state index contributed by atoms with van der Waals surface area (Å²) in [6, 6.07) is 4.48. The number of carbonyl (C=O) groups is 2. The summed E-state index contributed by atoms with van der Waals surface area (Å²) in [4.78, 5) is 24.2. The van der Waals surface area contributed by atoms with Gasteiger partial charge in [0.2, 0.25) is 5.91 Å². The molecule has 2 aliphatic carbocycles. The van der Waals surface area contributed by atoms with Crippen LogP contribution in [0.25, 0.3) is 0 Å². The molecule has 1 aromatic rings. The van der Waals surface area contributed by atoms with Crippen molar-refractivity contribution in [2.45, 2.75) is 63.2 Å². The zero-order valence-corrected chi connectivity index (χ0v) is 19.8. The van der Waals surface area contributed by atoms with Gasteiger partial charge >= 0.3 is 6.03 Å². The molecule has 0 aromatic heterocycles. The van der Waals surface area contributed by atoms with Gasteiger partial charge in [-0.3, -0.25) is 10.1 Å². The van der Waals surface area contributed by atoms with E-state index in [0.29, 0.717) is 38.3 Å². The van der Waals surface area contributed by atoms with Crippen LogP contribution in [0.3, 0.4) is 0 Å². The smallest absolute Gasteiger partial charge is 0.324 e. The highest BCUT2D eigenvalue weighted by molar-refractivity contribution is 7.91. The van der Waals surface area contributed by atoms with Crippen molar-refractivity contribution in [3.05, 3.63) is 29.6 Å². The maximum absolute atomic E-state index is 14.3. The van der Waals surface area contributed by atoms with Crippen LogP contribution in [0.5, 0.6) is 5.75 Å². The molecule has 0 bridgehead atoms. The molecule has 33 heavy (non-hydrogen) atoms. The van der Waals surface area contributed by atoms with Gasteiger partial charge in [0.1, 0.15) is 6.54 Å². The number of hydrogen-bond acceptors (Lipinski definition) is 5. The molecule has 4 rings (SSSR count). The molecule has 3 fully saturated rings. The molecule has 2 saturated carbocycles. The third-order valence-electron chi connectivity index (χ3n) is 7.02. The first-order chi connectivity index (χ1) is 15.8. The van der Waals surface area contributed by atoms with Crippen LogP contribution in [0.15, 0.2) is 18.2 Å². The number of hydrogen-bond donors (Lipinski definition) is 1. The van der Waals surface area contributed by atoms with Crippen LogP contribution in [0.1, 0.15) is 63.4 Å². The van der Waals surface area contributed by atoms with E-state index in [1.54, 1.807) is 12.1 Å². The molecular formula is C24H33FN2O5S. The van der Waals surface area contributed by atoms with Crippen LogP contribution < -0.4 is 10.1 Å². The number of amides is 3. The van der Waals surface area contributed by atoms with E-state index in [1.807, 2.05) is 0 Å². The lowest BCUT2D eigenvalue weighted by Gasteiger charge is -2.30. The van der Waals surface area contributed by atoms with E-state index >= 15 is 0 Å². The van der Waals surface area contributed by atoms with Crippen molar-refractivity contribution in [1.29, 1.82) is 0 Å². The number of urea groups is 1. The second kappa shape index (κ2) is 9.99. The number of unbranched alkanes of at least 4 members (excludes halogenated alkanes) is 2. The van der Waals surface area contributed by atoms with E-state index in [9.17, 15) is 22.4 Å². The SMILES string of the molecule is O=C1CN(CCCCCS(=O)(=O)CC2(c3ccc(F)c(OCC4CC4)c3)CCCC2)C(=O)N1. The Labute approximate surface area is 195 Å². The highest BCUT2D eigenvalue weighted by Gasteiger charge is 2.40. The normalized spacial score (nSPS) is 20.3. The van der Waals surface area contributed by atoms with Gasteiger partial charge in [-0.05, 0) is 62.1 Å². The second-order valence-corrected chi connectivity index (χ2v) is 12.0. The van der Waals surface area contributed by atoms with E-state index < -0.39 is 21.1 Å². The summed E-state index contributed by atoms with van der Waals surface area (Å²) >= 11 is 0. The first-order valence-corrected chi connectivity index (χ1v) is 13.8. The van der Waals surface area contributed by atoms with Gasteiger partial charge in [0.15, 0.2) is 21.4 Å². The van der Waals surface area contributed by atoms with E-state index in [4.69, 9.17) is 4.74 Å². The van der Waals surface area contributed by atoms with Crippen molar-refractivity contribution < 1.29 is 27.1 Å². The van der Waals surface area contributed by atoms with E-state index in [1.165, 1.54) is 11.0 Å². The van der Waals surface area contributed by atoms with Gasteiger partial charge in [0.25, 0.3) is 0 Å². The number of sulfone groups is 1. The number of rotatable bonds is 12. The molecule has 3 aliphatic rings. The van der Waals surface area contributed by atoms with E-state index in [2.05, 4.69) is 5.32 Å². The number of halogens is 1. The zero-order valence-electron chi connectivity index (χ0n) is 19.0. The third kappa shape index (κ3) is 6.25. The number of benzene rings is 1. The van der Waals surface area contributed by atoms with Crippen LogP contribution in [-0.2, 0) is 20.0 Å². The Bertz CT molecular complexity index is 987. The Morgan fingerprint density at radius 3 is 2.55 bits per heavy atom. The Morgan fingerprint density at radius 1 is 1.12 bits per heavy atom. The van der Waals surface area contributed by atoms with Crippen LogP contribution >= 0.6 is 0 Å². The minimum Gasteiger partial charge on any atom is -0.490 e. The number of nitrogens with one attached hydrogen (secondary N) is 1. The average Bonchev–Trinajstić information content (AvgIpc) is 3.38. The van der Waals surface area contributed by atoms with Gasteiger partial charge < -0.3 is 9.64 Å². The summed E-state index contributed by atoms with van der Waals surface area (Å²) in [6.45, 7) is 1.03. The molecule has 1 aliphatic heterocycles. The topological polar surface area (TPSA) is 92.8 Å². The number of ether oxygens (including phenoxy) is 1. The molecule has 1 N–H and O–H groups in total. The Hall–Kier alpha value is -2.16. The van der Waals surface area contributed by atoms with Gasteiger partial charge in [-0.15, -0.1) is 0 Å². The van der Waals surface area contributed by atoms with Crippen LogP contribution in [0, 0.1) is 11.7 Å². The number of imide groups is 1. The van der Waals surface area contributed by atoms with Gasteiger partial charge in [0.05, 0.1) is 18.1 Å². The van der Waals surface area contributed by atoms with Crippen LogP contribution in [0.4, 0.5) is 9.18 Å². The minimum atomic E-state index is -3.31. The molecule has 0 radical (unpaired) electrons. The molecule has 3 amide bonds. The molecule has 1 aromatic carbocycles. The van der Waals surface area contributed by atoms with Crippen LogP contribution in [0.2, 0.25) is 0 Å². The fraction of sp³-hybridized carbons (Fsp3) is 0.667. The maximum Gasteiger partial charge on any atom is 0.324 e.